The minimum absolute atomic E-state index is 0.207. The van der Waals surface area contributed by atoms with Crippen molar-refractivity contribution in [1.82, 2.24) is 0 Å². The van der Waals surface area contributed by atoms with E-state index in [9.17, 15) is 5.11 Å². The van der Waals surface area contributed by atoms with Gasteiger partial charge in [-0.15, -0.1) is 0 Å². The molecule has 2 aliphatic heterocycles. The maximum Gasteiger partial charge on any atom is 0.0859 e. The molecule has 0 aliphatic carbocycles. The number of aliphatic hydroxyl groups is 1. The average molecular weight is 286 g/mol. The van der Waals surface area contributed by atoms with Gasteiger partial charge in [-0.25, -0.2) is 0 Å². The Bertz CT molecular complexity index is 263. The Labute approximate surface area is 122 Å². The van der Waals surface area contributed by atoms with E-state index < -0.39 is 0 Å². The van der Waals surface area contributed by atoms with Crippen molar-refractivity contribution in [3.05, 3.63) is 0 Å². The molecule has 0 amide bonds. The van der Waals surface area contributed by atoms with E-state index >= 15 is 0 Å². The largest absolute Gasteiger partial charge is 0.393 e. The Morgan fingerprint density at radius 1 is 1.10 bits per heavy atom. The molecule has 4 nitrogen and oxygen atoms in total. The summed E-state index contributed by atoms with van der Waals surface area (Å²) in [4.78, 5) is 0. The molecule has 0 aromatic carbocycles. The molecule has 0 aromatic rings. The highest BCUT2D eigenvalue weighted by molar-refractivity contribution is 4.80. The Morgan fingerprint density at radius 2 is 1.70 bits per heavy atom. The van der Waals surface area contributed by atoms with Crippen molar-refractivity contribution in [3.8, 4) is 0 Å². The van der Waals surface area contributed by atoms with Crippen LogP contribution in [0.15, 0.2) is 0 Å². The van der Waals surface area contributed by atoms with E-state index in [1.54, 1.807) is 0 Å². The van der Waals surface area contributed by atoms with E-state index in [4.69, 9.17) is 14.2 Å². The second kappa shape index (κ2) is 8.32. The van der Waals surface area contributed by atoms with Gasteiger partial charge in [0.25, 0.3) is 0 Å². The fourth-order valence-corrected chi connectivity index (χ4v) is 2.85. The lowest BCUT2D eigenvalue weighted by Crippen LogP contribution is -2.19. The van der Waals surface area contributed by atoms with E-state index in [0.717, 1.165) is 58.5 Å². The number of ether oxygens (including phenoxy) is 3. The Kier molecular flexibility index (Phi) is 6.75. The number of aliphatic hydroxyl groups excluding tert-OH is 1. The van der Waals surface area contributed by atoms with Gasteiger partial charge in [0.2, 0.25) is 0 Å². The number of rotatable bonds is 12. The molecule has 20 heavy (non-hydrogen) atoms. The quantitative estimate of drug-likeness (QED) is 0.442. The van der Waals surface area contributed by atoms with Crippen molar-refractivity contribution in [1.29, 1.82) is 0 Å². The second-order valence-electron chi connectivity index (χ2n) is 6.19. The first-order chi connectivity index (χ1) is 9.74. The van der Waals surface area contributed by atoms with Gasteiger partial charge in [0.05, 0.1) is 38.1 Å². The lowest BCUT2D eigenvalue weighted by atomic mass is 9.94. The number of epoxide rings is 2. The van der Waals surface area contributed by atoms with Gasteiger partial charge < -0.3 is 19.3 Å². The van der Waals surface area contributed by atoms with E-state index in [1.165, 1.54) is 0 Å². The van der Waals surface area contributed by atoms with Gasteiger partial charge in [-0.1, -0.05) is 20.3 Å². The van der Waals surface area contributed by atoms with Crippen LogP contribution in [0.5, 0.6) is 0 Å². The topological polar surface area (TPSA) is 54.5 Å². The van der Waals surface area contributed by atoms with Crippen LogP contribution in [-0.2, 0) is 14.2 Å². The summed E-state index contributed by atoms with van der Waals surface area (Å²) in [5, 5.41) is 10.0. The van der Waals surface area contributed by atoms with Crippen molar-refractivity contribution in [2.75, 3.05) is 26.4 Å². The molecule has 2 heterocycles. The maximum absolute atomic E-state index is 10.0. The minimum atomic E-state index is -0.207. The monoisotopic (exact) mass is 286 g/mol. The summed E-state index contributed by atoms with van der Waals surface area (Å²) in [6.07, 6.45) is 5.50. The smallest absolute Gasteiger partial charge is 0.0859 e. The minimum Gasteiger partial charge on any atom is -0.393 e. The molecule has 2 saturated heterocycles. The van der Waals surface area contributed by atoms with Gasteiger partial charge in [-0.05, 0) is 31.6 Å². The van der Waals surface area contributed by atoms with Crippen LogP contribution in [0, 0.1) is 11.8 Å². The predicted octanol–water partition coefficient (Wildman–Crippen LogP) is 2.38. The normalized spacial score (nSPS) is 28.9. The second-order valence-corrected chi connectivity index (χ2v) is 6.19. The average Bonchev–Trinajstić information content (AvgIpc) is 3.30. The molecular formula is C16H30O4. The highest BCUT2D eigenvalue weighted by Crippen LogP contribution is 2.28. The summed E-state index contributed by atoms with van der Waals surface area (Å²) in [5.41, 5.74) is 0. The summed E-state index contributed by atoms with van der Waals surface area (Å²) in [5.74, 6) is 1.08. The molecule has 0 spiro atoms. The van der Waals surface area contributed by atoms with E-state index in [2.05, 4.69) is 13.8 Å². The molecule has 118 valence electrons. The van der Waals surface area contributed by atoms with Crippen LogP contribution in [0.1, 0.15) is 46.0 Å². The molecule has 0 saturated carbocycles. The fourth-order valence-electron chi connectivity index (χ4n) is 2.85. The van der Waals surface area contributed by atoms with E-state index in [0.29, 0.717) is 24.0 Å². The Hall–Kier alpha value is -0.160. The Balaban J connectivity index is 1.47. The standard InChI is InChI=1S/C16H30O4/c1-3-12(15-10-19-15)8-14(17)6-5-7-18-9-13(4-2)16-11-20-16/h12-17H,3-11H2,1-2H3. The third kappa shape index (κ3) is 5.68. The van der Waals surface area contributed by atoms with Crippen LogP contribution in [-0.4, -0.2) is 49.8 Å². The Morgan fingerprint density at radius 3 is 2.25 bits per heavy atom. The molecule has 1 N–H and O–H groups in total. The van der Waals surface area contributed by atoms with Gasteiger partial charge in [0.15, 0.2) is 0 Å². The lowest BCUT2D eigenvalue weighted by Gasteiger charge is -2.17. The highest BCUT2D eigenvalue weighted by Gasteiger charge is 2.33. The van der Waals surface area contributed by atoms with Crippen LogP contribution in [0.4, 0.5) is 0 Å². The van der Waals surface area contributed by atoms with Gasteiger partial charge in [-0.2, -0.15) is 0 Å². The maximum atomic E-state index is 10.0. The van der Waals surface area contributed by atoms with Gasteiger partial charge in [0.1, 0.15) is 0 Å². The molecule has 2 aliphatic rings. The van der Waals surface area contributed by atoms with Crippen LogP contribution in [0.3, 0.4) is 0 Å². The van der Waals surface area contributed by atoms with E-state index in [1.807, 2.05) is 0 Å². The molecule has 0 bridgehead atoms. The molecule has 5 atom stereocenters. The van der Waals surface area contributed by atoms with Crippen molar-refractivity contribution in [2.24, 2.45) is 11.8 Å². The fraction of sp³-hybridized carbons (Fsp3) is 1.00. The molecular weight excluding hydrogens is 256 g/mol. The molecule has 5 unspecified atom stereocenters. The van der Waals surface area contributed by atoms with E-state index in [-0.39, 0.29) is 6.10 Å². The van der Waals surface area contributed by atoms with Crippen molar-refractivity contribution >= 4 is 0 Å². The van der Waals surface area contributed by atoms with Gasteiger partial charge in [0, 0.05) is 12.5 Å². The zero-order chi connectivity index (χ0) is 14.4. The van der Waals surface area contributed by atoms with Crippen LogP contribution in [0.25, 0.3) is 0 Å². The number of hydrogen-bond acceptors (Lipinski definition) is 4. The first-order valence-corrected chi connectivity index (χ1v) is 8.23. The van der Waals surface area contributed by atoms with Crippen molar-refractivity contribution < 1.29 is 19.3 Å². The molecule has 0 radical (unpaired) electrons. The summed E-state index contributed by atoms with van der Waals surface area (Å²) >= 11 is 0. The highest BCUT2D eigenvalue weighted by atomic mass is 16.6. The summed E-state index contributed by atoms with van der Waals surface area (Å²) < 4.78 is 16.3. The van der Waals surface area contributed by atoms with Crippen molar-refractivity contribution in [3.63, 3.8) is 0 Å². The van der Waals surface area contributed by atoms with Gasteiger partial charge in [-0.3, -0.25) is 0 Å². The van der Waals surface area contributed by atoms with Crippen LogP contribution < -0.4 is 0 Å². The summed E-state index contributed by atoms with van der Waals surface area (Å²) in [7, 11) is 0. The van der Waals surface area contributed by atoms with Crippen LogP contribution in [0.2, 0.25) is 0 Å². The summed E-state index contributed by atoms with van der Waals surface area (Å²) in [6.45, 7) is 7.69. The zero-order valence-corrected chi connectivity index (χ0v) is 12.9. The third-order valence-corrected chi connectivity index (χ3v) is 4.55. The SMILES string of the molecule is CCC(COCCCC(O)CC(CC)C1CO1)C1CO1. The first-order valence-electron chi connectivity index (χ1n) is 8.23. The predicted molar refractivity (Wildman–Crippen MR) is 77.7 cm³/mol. The first kappa shape index (κ1) is 16.2. The third-order valence-electron chi connectivity index (χ3n) is 4.55. The van der Waals surface area contributed by atoms with Crippen molar-refractivity contribution in [2.45, 2.75) is 64.3 Å². The molecule has 0 aromatic heterocycles. The molecule has 4 heteroatoms. The molecule has 2 rings (SSSR count). The molecule has 2 fully saturated rings. The van der Waals surface area contributed by atoms with Gasteiger partial charge >= 0.3 is 0 Å². The summed E-state index contributed by atoms with van der Waals surface area (Å²) in [6, 6.07) is 0. The lowest BCUT2D eigenvalue weighted by molar-refractivity contribution is 0.0672. The number of hydrogen-bond donors (Lipinski definition) is 1. The van der Waals surface area contributed by atoms with Crippen LogP contribution >= 0.6 is 0 Å². The zero-order valence-electron chi connectivity index (χ0n) is 12.9.